The molecule has 2 aliphatic heterocycles. The van der Waals surface area contributed by atoms with Crippen LogP contribution in [-0.4, -0.2) is 54.6 Å². The molecule has 2 aliphatic rings. The van der Waals surface area contributed by atoms with Gasteiger partial charge in [0.15, 0.2) is 0 Å². The number of carbonyl (C=O) groups excluding carboxylic acids is 1. The lowest BCUT2D eigenvalue weighted by Crippen LogP contribution is -2.47. The molecule has 2 fully saturated rings. The van der Waals surface area contributed by atoms with Crippen LogP contribution in [0.3, 0.4) is 0 Å². The number of aromatic nitrogens is 2. The van der Waals surface area contributed by atoms with Crippen LogP contribution in [0, 0.1) is 0 Å². The van der Waals surface area contributed by atoms with Gasteiger partial charge in [0.25, 0.3) is 0 Å². The number of nitrogens with zero attached hydrogens (tertiary/aromatic N) is 4. The van der Waals surface area contributed by atoms with Gasteiger partial charge in [0.1, 0.15) is 11.6 Å². The van der Waals surface area contributed by atoms with Crippen LogP contribution in [0.2, 0.25) is 0 Å². The Morgan fingerprint density at radius 2 is 1.89 bits per heavy atom. The van der Waals surface area contributed by atoms with Crippen LogP contribution in [0.4, 0.5) is 11.6 Å². The number of hydrogen-bond donors (Lipinski definition) is 2. The van der Waals surface area contributed by atoms with Gasteiger partial charge in [0.05, 0.1) is 6.04 Å². The zero-order valence-electron chi connectivity index (χ0n) is 15.5. The molecule has 142 valence electrons. The predicted octanol–water partition coefficient (Wildman–Crippen LogP) is 1.17. The summed E-state index contributed by atoms with van der Waals surface area (Å²) in [4.78, 5) is 25.9. The first kappa shape index (κ1) is 17.7. The van der Waals surface area contributed by atoms with Gasteiger partial charge in [0.2, 0.25) is 5.91 Å². The van der Waals surface area contributed by atoms with Crippen molar-refractivity contribution in [2.24, 2.45) is 0 Å². The van der Waals surface area contributed by atoms with Crippen molar-refractivity contribution >= 4 is 17.5 Å². The summed E-state index contributed by atoms with van der Waals surface area (Å²) in [5.41, 5.74) is 1.06. The quantitative estimate of drug-likeness (QED) is 0.828. The summed E-state index contributed by atoms with van der Waals surface area (Å²) in [7, 11) is 0. The van der Waals surface area contributed by atoms with Gasteiger partial charge in [-0.3, -0.25) is 4.79 Å². The molecule has 2 saturated heterocycles. The Morgan fingerprint density at radius 3 is 2.63 bits per heavy atom. The van der Waals surface area contributed by atoms with E-state index >= 15 is 0 Å². The average Bonchev–Trinajstić information content (AvgIpc) is 3.28. The molecule has 0 aromatic carbocycles. The minimum Gasteiger partial charge on any atom is -0.353 e. The lowest BCUT2D eigenvalue weighted by molar-refractivity contribution is -0.122. The number of pyridine rings is 2. The van der Waals surface area contributed by atoms with Crippen LogP contribution in [-0.2, 0) is 11.3 Å². The molecule has 2 aromatic rings. The van der Waals surface area contributed by atoms with E-state index in [0.29, 0.717) is 6.54 Å². The van der Waals surface area contributed by atoms with E-state index in [1.807, 2.05) is 30.6 Å². The fourth-order valence-electron chi connectivity index (χ4n) is 3.76. The van der Waals surface area contributed by atoms with Gasteiger partial charge < -0.3 is 20.4 Å². The van der Waals surface area contributed by atoms with Gasteiger partial charge in [-0.05, 0) is 37.6 Å². The molecule has 4 rings (SSSR count). The van der Waals surface area contributed by atoms with E-state index in [0.717, 1.165) is 62.8 Å². The fourth-order valence-corrected chi connectivity index (χ4v) is 3.76. The average molecular weight is 366 g/mol. The van der Waals surface area contributed by atoms with Crippen LogP contribution < -0.4 is 20.4 Å². The minimum atomic E-state index is -0.0490. The lowest BCUT2D eigenvalue weighted by Gasteiger charge is -2.36. The molecule has 4 heterocycles. The van der Waals surface area contributed by atoms with E-state index in [1.165, 1.54) is 0 Å². The Morgan fingerprint density at radius 1 is 1.07 bits per heavy atom. The molecule has 0 saturated carbocycles. The second-order valence-corrected chi connectivity index (χ2v) is 7.01. The van der Waals surface area contributed by atoms with Gasteiger partial charge in [-0.15, -0.1) is 0 Å². The molecular formula is C20H26N6O. The Bertz CT molecular complexity index is 754. The second kappa shape index (κ2) is 8.35. The number of carbonyl (C=O) groups is 1. The van der Waals surface area contributed by atoms with E-state index in [2.05, 4.69) is 42.5 Å². The number of amides is 1. The maximum absolute atomic E-state index is 12.3. The third-order valence-electron chi connectivity index (χ3n) is 5.25. The standard InChI is InChI=1S/C20H26N6O/c27-20(17-6-4-9-21-17)24-15-16-5-3-10-23-19(16)26-13-11-25(12-14-26)18-7-1-2-8-22-18/h1-3,5,7-8,10,17,21H,4,6,9,11-15H2,(H,24,27)/t17-/m0/s1. The molecule has 0 bridgehead atoms. The van der Waals surface area contributed by atoms with E-state index in [9.17, 15) is 4.79 Å². The van der Waals surface area contributed by atoms with Crippen molar-refractivity contribution in [3.63, 3.8) is 0 Å². The van der Waals surface area contributed by atoms with E-state index in [-0.39, 0.29) is 11.9 Å². The van der Waals surface area contributed by atoms with Crippen molar-refractivity contribution in [2.45, 2.75) is 25.4 Å². The SMILES string of the molecule is O=C(NCc1cccnc1N1CCN(c2ccccn2)CC1)[C@@H]1CCCN1. The molecule has 7 nitrogen and oxygen atoms in total. The first-order chi connectivity index (χ1) is 13.3. The summed E-state index contributed by atoms with van der Waals surface area (Å²) in [6.45, 7) is 5.03. The van der Waals surface area contributed by atoms with Gasteiger partial charge in [-0.25, -0.2) is 9.97 Å². The van der Waals surface area contributed by atoms with E-state index in [1.54, 1.807) is 0 Å². The smallest absolute Gasteiger partial charge is 0.237 e. The predicted molar refractivity (Wildman–Crippen MR) is 106 cm³/mol. The van der Waals surface area contributed by atoms with Crippen molar-refractivity contribution < 1.29 is 4.79 Å². The first-order valence-corrected chi connectivity index (χ1v) is 9.67. The molecule has 0 spiro atoms. The van der Waals surface area contributed by atoms with Crippen molar-refractivity contribution in [2.75, 3.05) is 42.5 Å². The molecule has 2 aromatic heterocycles. The van der Waals surface area contributed by atoms with Crippen molar-refractivity contribution in [3.05, 3.63) is 48.3 Å². The Hall–Kier alpha value is -2.67. The molecule has 2 N–H and O–H groups in total. The Balaban J connectivity index is 1.37. The highest BCUT2D eigenvalue weighted by molar-refractivity contribution is 5.82. The first-order valence-electron chi connectivity index (χ1n) is 9.67. The monoisotopic (exact) mass is 366 g/mol. The normalized spacial score (nSPS) is 19.9. The molecule has 1 amide bonds. The molecule has 27 heavy (non-hydrogen) atoms. The summed E-state index contributed by atoms with van der Waals surface area (Å²) in [5.74, 6) is 2.08. The highest BCUT2D eigenvalue weighted by Gasteiger charge is 2.23. The molecule has 1 atom stereocenters. The highest BCUT2D eigenvalue weighted by atomic mass is 16.2. The topological polar surface area (TPSA) is 73.4 Å². The summed E-state index contributed by atoms with van der Waals surface area (Å²) in [6, 6.07) is 9.95. The maximum atomic E-state index is 12.3. The number of piperazine rings is 1. The third-order valence-corrected chi connectivity index (χ3v) is 5.25. The van der Waals surface area contributed by atoms with E-state index < -0.39 is 0 Å². The van der Waals surface area contributed by atoms with Crippen molar-refractivity contribution in [1.29, 1.82) is 0 Å². The van der Waals surface area contributed by atoms with Gasteiger partial charge in [-0.1, -0.05) is 12.1 Å². The van der Waals surface area contributed by atoms with E-state index in [4.69, 9.17) is 0 Å². The van der Waals surface area contributed by atoms with Crippen LogP contribution in [0.1, 0.15) is 18.4 Å². The number of anilines is 2. The molecule has 7 heteroatoms. The number of hydrogen-bond acceptors (Lipinski definition) is 6. The van der Waals surface area contributed by atoms with Crippen molar-refractivity contribution in [3.8, 4) is 0 Å². The molecule has 0 radical (unpaired) electrons. The van der Waals surface area contributed by atoms with Gasteiger partial charge in [-0.2, -0.15) is 0 Å². The summed E-state index contributed by atoms with van der Waals surface area (Å²) >= 11 is 0. The van der Waals surface area contributed by atoms with Crippen LogP contribution in [0.5, 0.6) is 0 Å². The minimum absolute atomic E-state index is 0.0490. The molecule has 0 unspecified atom stereocenters. The fraction of sp³-hybridized carbons (Fsp3) is 0.450. The Labute approximate surface area is 159 Å². The van der Waals surface area contributed by atoms with Crippen LogP contribution in [0.15, 0.2) is 42.7 Å². The summed E-state index contributed by atoms with van der Waals surface area (Å²) in [5, 5.41) is 6.31. The lowest BCUT2D eigenvalue weighted by atomic mass is 10.2. The van der Waals surface area contributed by atoms with Crippen LogP contribution >= 0.6 is 0 Å². The molecule has 0 aliphatic carbocycles. The van der Waals surface area contributed by atoms with Crippen LogP contribution in [0.25, 0.3) is 0 Å². The molecular weight excluding hydrogens is 340 g/mol. The van der Waals surface area contributed by atoms with Gasteiger partial charge >= 0.3 is 0 Å². The third kappa shape index (κ3) is 4.19. The summed E-state index contributed by atoms with van der Waals surface area (Å²) < 4.78 is 0. The summed E-state index contributed by atoms with van der Waals surface area (Å²) in [6.07, 6.45) is 5.64. The van der Waals surface area contributed by atoms with Gasteiger partial charge in [0, 0.05) is 50.7 Å². The highest BCUT2D eigenvalue weighted by Crippen LogP contribution is 2.21. The van der Waals surface area contributed by atoms with Crippen molar-refractivity contribution in [1.82, 2.24) is 20.6 Å². The second-order valence-electron chi connectivity index (χ2n) is 7.01. The Kier molecular flexibility index (Phi) is 5.48. The maximum Gasteiger partial charge on any atom is 0.237 e. The zero-order valence-corrected chi connectivity index (χ0v) is 15.5. The number of nitrogens with one attached hydrogen (secondary N) is 2. The zero-order chi connectivity index (χ0) is 18.5. The number of rotatable bonds is 5. The largest absolute Gasteiger partial charge is 0.353 e.